The first kappa shape index (κ1) is 21.0. The molecule has 0 saturated heterocycles. The summed E-state index contributed by atoms with van der Waals surface area (Å²) in [4.78, 5) is 6.97. The molecule has 0 heterocycles. The van der Waals surface area contributed by atoms with Gasteiger partial charge in [-0.15, -0.1) is 23.5 Å². The second kappa shape index (κ2) is 8.44. The lowest BCUT2D eigenvalue weighted by Crippen LogP contribution is -2.07. The summed E-state index contributed by atoms with van der Waals surface area (Å²) in [6.07, 6.45) is 4.33. The maximum absolute atomic E-state index is 2.36. The van der Waals surface area contributed by atoms with Crippen LogP contribution < -0.4 is 9.80 Å². The summed E-state index contributed by atoms with van der Waals surface area (Å²) < 4.78 is 0. The largest absolute Gasteiger partial charge is 0.378 e. The normalized spacial score (nSPS) is 11.3. The number of anilines is 2. The smallest absolute Gasteiger partial charge is 0.0361 e. The molecule has 4 aliphatic carbocycles. The number of hydrogen-bond donors (Lipinski definition) is 0. The minimum atomic E-state index is 1.21. The molecule has 2 nitrogen and oxygen atoms in total. The monoisotopic (exact) mass is 432 g/mol. The first-order valence-corrected chi connectivity index (χ1v) is 12.5. The lowest BCUT2D eigenvalue weighted by molar-refractivity contribution is 1.13. The van der Waals surface area contributed by atoms with Crippen molar-refractivity contribution >= 4 is 34.9 Å². The van der Waals surface area contributed by atoms with Crippen molar-refractivity contribution in [3.63, 3.8) is 0 Å². The molecule has 4 heteroatoms. The van der Waals surface area contributed by atoms with Gasteiger partial charge >= 0.3 is 0 Å². The molecule has 4 aliphatic rings. The van der Waals surface area contributed by atoms with Crippen LogP contribution in [-0.4, -0.2) is 40.7 Å². The Morgan fingerprint density at radius 2 is 0.800 bits per heavy atom. The van der Waals surface area contributed by atoms with Crippen molar-refractivity contribution in [3.05, 3.63) is 60.7 Å². The van der Waals surface area contributed by atoms with Gasteiger partial charge < -0.3 is 9.80 Å². The average Bonchev–Trinajstić information content (AvgIpc) is 3.03. The number of fused-ring (bicyclic) bond motifs is 2. The Kier molecular flexibility index (Phi) is 5.90. The number of hydrogen-bond acceptors (Lipinski definition) is 4. The van der Waals surface area contributed by atoms with E-state index in [1.807, 2.05) is 23.5 Å². The molecule has 4 rings (SSSR count). The number of rotatable bonds is 5. The van der Waals surface area contributed by atoms with E-state index in [0.29, 0.717) is 0 Å². The molecule has 0 saturated carbocycles. The van der Waals surface area contributed by atoms with Gasteiger partial charge in [-0.05, 0) is 82.3 Å². The fourth-order valence-electron chi connectivity index (χ4n) is 4.00. The molecule has 0 radical (unpaired) electrons. The summed E-state index contributed by atoms with van der Waals surface area (Å²) in [7, 11) is 8.37. The van der Waals surface area contributed by atoms with Gasteiger partial charge in [-0.2, -0.15) is 0 Å². The van der Waals surface area contributed by atoms with E-state index < -0.39 is 0 Å². The minimum Gasteiger partial charge on any atom is -0.378 e. The van der Waals surface area contributed by atoms with Crippen molar-refractivity contribution in [2.24, 2.45) is 0 Å². The summed E-state index contributed by atoms with van der Waals surface area (Å²) in [5.41, 5.74) is 10.3. The molecule has 0 aromatic carbocycles. The van der Waals surface area contributed by atoms with E-state index in [1.165, 1.54) is 54.5 Å². The third-order valence-electron chi connectivity index (χ3n) is 5.69. The molecule has 30 heavy (non-hydrogen) atoms. The Balaban J connectivity index is 1.98. The van der Waals surface area contributed by atoms with Crippen LogP contribution in [0.2, 0.25) is 0 Å². The van der Waals surface area contributed by atoms with Gasteiger partial charge in [-0.3, -0.25) is 0 Å². The van der Waals surface area contributed by atoms with E-state index in [2.05, 4.69) is 111 Å². The van der Waals surface area contributed by atoms with Crippen LogP contribution in [0.15, 0.2) is 70.5 Å². The van der Waals surface area contributed by atoms with Crippen molar-refractivity contribution in [2.75, 3.05) is 50.5 Å². The molecule has 0 unspecified atom stereocenters. The molecule has 0 N–H and O–H groups in total. The molecule has 0 fully saturated rings. The van der Waals surface area contributed by atoms with Gasteiger partial charge in [0.15, 0.2) is 0 Å². The number of nitrogens with zero attached hydrogens (tertiary/aromatic N) is 2. The zero-order valence-corrected chi connectivity index (χ0v) is 20.1. The molecule has 0 aliphatic heterocycles. The van der Waals surface area contributed by atoms with Crippen LogP contribution in [0.1, 0.15) is 0 Å². The van der Waals surface area contributed by atoms with Gasteiger partial charge in [0, 0.05) is 49.4 Å². The highest BCUT2D eigenvalue weighted by Gasteiger charge is 2.22. The quantitative estimate of drug-likeness (QED) is 0.309. The third-order valence-corrected chi connectivity index (χ3v) is 7.24. The molecule has 0 bridgehead atoms. The molecule has 154 valence electrons. The predicted octanol–water partition coefficient (Wildman–Crippen LogP) is 7.14. The maximum Gasteiger partial charge on any atom is 0.0361 e. The van der Waals surface area contributed by atoms with Gasteiger partial charge in [-0.25, -0.2) is 0 Å². The molecule has 0 aromatic heterocycles. The maximum atomic E-state index is 2.36. The van der Waals surface area contributed by atoms with Crippen molar-refractivity contribution in [1.29, 1.82) is 0 Å². The second-order valence-corrected chi connectivity index (χ2v) is 9.58. The summed E-state index contributed by atoms with van der Waals surface area (Å²) in [6, 6.07) is 22.7. The Hall–Kier alpha value is -2.30. The summed E-state index contributed by atoms with van der Waals surface area (Å²) in [5.74, 6) is 0. The highest BCUT2D eigenvalue weighted by molar-refractivity contribution is 7.99. The fraction of sp³-hybridized carbons (Fsp3) is 0.231. The summed E-state index contributed by atoms with van der Waals surface area (Å²) in [5, 5.41) is 0. The fourth-order valence-corrected chi connectivity index (χ4v) is 5.26. The van der Waals surface area contributed by atoms with Gasteiger partial charge in [0.25, 0.3) is 0 Å². The van der Waals surface area contributed by atoms with Gasteiger partial charge in [0.1, 0.15) is 0 Å². The molecule has 0 spiro atoms. The Bertz CT molecular complexity index is 1040. The highest BCUT2D eigenvalue weighted by Crippen LogP contribution is 2.49. The highest BCUT2D eigenvalue weighted by atomic mass is 32.2. The summed E-state index contributed by atoms with van der Waals surface area (Å²) in [6.45, 7) is 0. The lowest BCUT2D eigenvalue weighted by atomic mass is 10.0. The van der Waals surface area contributed by atoms with E-state index in [-0.39, 0.29) is 0 Å². The molecule has 0 amide bonds. The first-order chi connectivity index (χ1) is 14.4. The van der Waals surface area contributed by atoms with Gasteiger partial charge in [0.05, 0.1) is 0 Å². The average molecular weight is 433 g/mol. The van der Waals surface area contributed by atoms with E-state index >= 15 is 0 Å². The zero-order valence-electron chi connectivity index (χ0n) is 18.5. The van der Waals surface area contributed by atoms with Crippen LogP contribution in [0.5, 0.6) is 0 Å². The van der Waals surface area contributed by atoms with Crippen LogP contribution >= 0.6 is 23.5 Å². The van der Waals surface area contributed by atoms with E-state index in [0.717, 1.165) is 0 Å². The van der Waals surface area contributed by atoms with Crippen LogP contribution in [0.3, 0.4) is 0 Å². The lowest BCUT2D eigenvalue weighted by Gasteiger charge is -2.09. The minimum absolute atomic E-state index is 1.21. The van der Waals surface area contributed by atoms with Crippen molar-refractivity contribution in [1.82, 2.24) is 0 Å². The van der Waals surface area contributed by atoms with Crippen molar-refractivity contribution in [3.8, 4) is 33.4 Å². The number of thioether (sulfide) groups is 2. The predicted molar refractivity (Wildman–Crippen MR) is 137 cm³/mol. The Morgan fingerprint density at radius 3 is 1.10 bits per heavy atom. The second-order valence-electron chi connectivity index (χ2n) is 7.88. The van der Waals surface area contributed by atoms with Crippen LogP contribution in [0.25, 0.3) is 33.4 Å². The molecular weight excluding hydrogens is 404 g/mol. The Labute approximate surface area is 189 Å². The SMILES string of the molecule is CSc1cc(-c2cc(SC)c3ccc(N(C)C)ccc2-3)c2ccc(N(C)C)ccc1-2. The zero-order chi connectivity index (χ0) is 21.4. The third kappa shape index (κ3) is 3.63. The Morgan fingerprint density at radius 1 is 0.467 bits per heavy atom. The standard InChI is InChI=1S/C26H28N2S2/c1-27(2)17-7-11-19-21(13-9-17)25(29-5)15-23(19)24-16-26(30-6)22-14-10-18(28(3)4)8-12-20(22)24/h7-16H,1-6H3. The van der Waals surface area contributed by atoms with Crippen molar-refractivity contribution in [2.45, 2.75) is 9.79 Å². The van der Waals surface area contributed by atoms with Gasteiger partial charge in [0.2, 0.25) is 0 Å². The van der Waals surface area contributed by atoms with Crippen LogP contribution in [-0.2, 0) is 0 Å². The molecule has 0 atom stereocenters. The van der Waals surface area contributed by atoms with Crippen LogP contribution in [0.4, 0.5) is 11.4 Å². The first-order valence-electron chi connectivity index (χ1n) is 10.0. The molecular formula is C26H28N2S2. The van der Waals surface area contributed by atoms with E-state index in [1.54, 1.807) is 0 Å². The van der Waals surface area contributed by atoms with E-state index in [9.17, 15) is 0 Å². The summed E-state index contributed by atoms with van der Waals surface area (Å²) >= 11 is 3.64. The topological polar surface area (TPSA) is 6.48 Å². The van der Waals surface area contributed by atoms with Crippen LogP contribution in [0, 0.1) is 0 Å². The van der Waals surface area contributed by atoms with E-state index in [4.69, 9.17) is 0 Å². The molecule has 0 aromatic rings. The van der Waals surface area contributed by atoms with Crippen molar-refractivity contribution < 1.29 is 0 Å². The van der Waals surface area contributed by atoms with Gasteiger partial charge in [-0.1, -0.05) is 24.3 Å².